The fraction of sp³-hybridized carbons (Fsp3) is 0.429. The molecule has 1 rings (SSSR count). The Balaban J connectivity index is 3.23. The second-order valence-corrected chi connectivity index (χ2v) is 2.91. The fourth-order valence-corrected chi connectivity index (χ4v) is 0.802. The molecule has 0 saturated carbocycles. The van der Waals surface area contributed by atoms with Gasteiger partial charge in [-0.1, -0.05) is 0 Å². The Bertz CT molecular complexity index is 400. The van der Waals surface area contributed by atoms with E-state index in [0.29, 0.717) is 0 Å². The standard InChI is InChI=1S/C7H3F7N2O/c8-5(9,6(10,11)7(12,13)14)4-15-1-3(17)2-16-4/h1-2,17H. The van der Waals surface area contributed by atoms with Gasteiger partial charge < -0.3 is 5.11 Å². The maximum atomic E-state index is 12.9. The van der Waals surface area contributed by atoms with Crippen molar-refractivity contribution in [2.75, 3.05) is 0 Å². The third-order valence-electron chi connectivity index (χ3n) is 1.67. The molecule has 0 saturated heterocycles. The average Bonchev–Trinajstić information content (AvgIpc) is 2.16. The van der Waals surface area contributed by atoms with Crippen LogP contribution in [0.25, 0.3) is 0 Å². The van der Waals surface area contributed by atoms with Crippen molar-refractivity contribution < 1.29 is 35.8 Å². The van der Waals surface area contributed by atoms with E-state index in [-0.39, 0.29) is 12.4 Å². The number of alkyl halides is 7. The lowest BCUT2D eigenvalue weighted by Gasteiger charge is -2.26. The number of rotatable bonds is 2. The molecular formula is C7H3F7N2O. The van der Waals surface area contributed by atoms with Crippen molar-refractivity contribution in [1.82, 2.24) is 9.97 Å². The van der Waals surface area contributed by atoms with E-state index >= 15 is 0 Å². The van der Waals surface area contributed by atoms with E-state index in [1.165, 1.54) is 0 Å². The maximum absolute atomic E-state index is 12.9. The van der Waals surface area contributed by atoms with Gasteiger partial charge >= 0.3 is 18.0 Å². The van der Waals surface area contributed by atoms with Gasteiger partial charge in [0.2, 0.25) is 5.82 Å². The zero-order valence-corrected chi connectivity index (χ0v) is 7.64. The summed E-state index contributed by atoms with van der Waals surface area (Å²) >= 11 is 0. The molecule has 0 amide bonds. The van der Waals surface area contributed by atoms with Gasteiger partial charge in [0.25, 0.3) is 0 Å². The molecule has 0 aromatic carbocycles. The smallest absolute Gasteiger partial charge is 0.460 e. The van der Waals surface area contributed by atoms with Gasteiger partial charge in [0.15, 0.2) is 5.75 Å². The zero-order valence-electron chi connectivity index (χ0n) is 7.64. The highest BCUT2D eigenvalue weighted by molar-refractivity contribution is 5.14. The van der Waals surface area contributed by atoms with E-state index in [9.17, 15) is 30.7 Å². The third-order valence-corrected chi connectivity index (χ3v) is 1.67. The van der Waals surface area contributed by atoms with Gasteiger partial charge in [-0.25, -0.2) is 9.97 Å². The molecule has 0 spiro atoms. The number of nitrogens with zero attached hydrogens (tertiary/aromatic N) is 2. The predicted molar refractivity (Wildman–Crippen MR) is 38.6 cm³/mol. The van der Waals surface area contributed by atoms with E-state index in [2.05, 4.69) is 9.97 Å². The maximum Gasteiger partial charge on any atom is 0.460 e. The minimum absolute atomic E-state index is 0.280. The number of aromatic hydroxyl groups is 1. The first-order valence-electron chi connectivity index (χ1n) is 3.84. The molecule has 0 unspecified atom stereocenters. The summed E-state index contributed by atoms with van der Waals surface area (Å²) in [7, 11) is 0. The van der Waals surface area contributed by atoms with Gasteiger partial charge in [0.1, 0.15) is 0 Å². The van der Waals surface area contributed by atoms with Crippen LogP contribution in [0.5, 0.6) is 5.75 Å². The molecule has 3 nitrogen and oxygen atoms in total. The quantitative estimate of drug-likeness (QED) is 0.834. The minimum atomic E-state index is -6.45. The first kappa shape index (κ1) is 13.5. The van der Waals surface area contributed by atoms with Gasteiger partial charge in [-0.2, -0.15) is 30.7 Å². The van der Waals surface area contributed by atoms with Gasteiger partial charge in [0.05, 0.1) is 12.4 Å². The van der Waals surface area contributed by atoms with E-state index in [0.717, 1.165) is 0 Å². The molecular weight excluding hydrogens is 261 g/mol. The van der Waals surface area contributed by atoms with E-state index in [1.54, 1.807) is 0 Å². The summed E-state index contributed by atoms with van der Waals surface area (Å²) in [6, 6.07) is 0. The monoisotopic (exact) mass is 264 g/mol. The Morgan fingerprint density at radius 3 is 1.65 bits per heavy atom. The second kappa shape index (κ2) is 3.70. The van der Waals surface area contributed by atoms with Crippen molar-refractivity contribution in [3.8, 4) is 5.75 Å². The summed E-state index contributed by atoms with van der Waals surface area (Å²) in [5, 5.41) is 8.61. The SMILES string of the molecule is Oc1cnc(C(F)(F)C(F)(F)C(F)(F)F)nc1. The first-order chi connectivity index (χ1) is 7.50. The molecule has 10 heteroatoms. The summed E-state index contributed by atoms with van der Waals surface area (Å²) in [5.41, 5.74) is 0. The fourth-order valence-electron chi connectivity index (χ4n) is 0.802. The molecule has 0 radical (unpaired) electrons. The van der Waals surface area contributed by atoms with E-state index < -0.39 is 29.6 Å². The van der Waals surface area contributed by atoms with Crippen LogP contribution in [0.2, 0.25) is 0 Å². The van der Waals surface area contributed by atoms with E-state index in [1.807, 2.05) is 0 Å². The first-order valence-corrected chi connectivity index (χ1v) is 3.84. The molecule has 0 fully saturated rings. The van der Waals surface area contributed by atoms with Crippen molar-refractivity contribution >= 4 is 0 Å². The van der Waals surface area contributed by atoms with Crippen LogP contribution in [-0.2, 0) is 5.92 Å². The van der Waals surface area contributed by atoms with Crippen molar-refractivity contribution in [2.24, 2.45) is 0 Å². The van der Waals surface area contributed by atoms with Crippen LogP contribution in [0.4, 0.5) is 30.7 Å². The van der Waals surface area contributed by atoms with Crippen molar-refractivity contribution in [3.63, 3.8) is 0 Å². The van der Waals surface area contributed by atoms with Crippen LogP contribution in [0.15, 0.2) is 12.4 Å². The average molecular weight is 264 g/mol. The Hall–Kier alpha value is -1.61. The van der Waals surface area contributed by atoms with Gasteiger partial charge in [-0.05, 0) is 0 Å². The molecule has 0 bridgehead atoms. The molecule has 0 atom stereocenters. The summed E-state index contributed by atoms with van der Waals surface area (Å²) in [4.78, 5) is 5.08. The molecule has 1 aromatic heterocycles. The molecule has 1 N–H and O–H groups in total. The minimum Gasteiger partial charge on any atom is -0.505 e. The highest BCUT2D eigenvalue weighted by Gasteiger charge is 2.75. The van der Waals surface area contributed by atoms with Crippen molar-refractivity contribution in [1.29, 1.82) is 0 Å². The normalized spacial score (nSPS) is 13.8. The lowest BCUT2D eigenvalue weighted by atomic mass is 10.1. The summed E-state index contributed by atoms with van der Waals surface area (Å²) < 4.78 is 86.0. The van der Waals surface area contributed by atoms with Crippen LogP contribution >= 0.6 is 0 Å². The molecule has 1 heterocycles. The van der Waals surface area contributed by atoms with Gasteiger partial charge in [-0.3, -0.25) is 0 Å². The molecule has 0 aliphatic rings. The van der Waals surface area contributed by atoms with Crippen LogP contribution in [0.1, 0.15) is 5.82 Å². The summed E-state index contributed by atoms with van der Waals surface area (Å²) in [6.45, 7) is 0. The molecule has 0 aliphatic carbocycles. The molecule has 1 aromatic rings. The van der Waals surface area contributed by atoms with E-state index in [4.69, 9.17) is 5.11 Å². The Morgan fingerprint density at radius 2 is 1.29 bits per heavy atom. The number of hydrogen-bond acceptors (Lipinski definition) is 3. The van der Waals surface area contributed by atoms with Crippen LogP contribution in [0.3, 0.4) is 0 Å². The molecule has 17 heavy (non-hydrogen) atoms. The summed E-state index contributed by atoms with van der Waals surface area (Å²) in [6.07, 6.45) is -5.89. The molecule has 96 valence electrons. The second-order valence-electron chi connectivity index (χ2n) is 2.91. The van der Waals surface area contributed by atoms with Gasteiger partial charge in [0, 0.05) is 0 Å². The number of hydrogen-bond donors (Lipinski definition) is 1. The lowest BCUT2D eigenvalue weighted by Crippen LogP contribution is -2.50. The zero-order chi connectivity index (χ0) is 13.5. The lowest BCUT2D eigenvalue weighted by molar-refractivity contribution is -0.361. The number of aromatic nitrogens is 2. The highest BCUT2D eigenvalue weighted by atomic mass is 19.4. The Labute approximate surface area is 88.9 Å². The van der Waals surface area contributed by atoms with Crippen LogP contribution < -0.4 is 0 Å². The van der Waals surface area contributed by atoms with Gasteiger partial charge in [-0.15, -0.1) is 0 Å². The molecule has 0 aliphatic heterocycles. The van der Waals surface area contributed by atoms with Crippen LogP contribution in [-0.4, -0.2) is 27.2 Å². The predicted octanol–water partition coefficient (Wildman–Crippen LogP) is 2.47. The number of halogens is 7. The highest BCUT2D eigenvalue weighted by Crippen LogP contribution is 2.50. The Kier molecular flexibility index (Phi) is 2.93. The Morgan fingerprint density at radius 1 is 0.882 bits per heavy atom. The van der Waals surface area contributed by atoms with Crippen molar-refractivity contribution in [2.45, 2.75) is 18.0 Å². The largest absolute Gasteiger partial charge is 0.505 e. The van der Waals surface area contributed by atoms with Crippen molar-refractivity contribution in [3.05, 3.63) is 18.2 Å². The third kappa shape index (κ3) is 2.11. The van der Waals surface area contributed by atoms with Crippen LogP contribution in [0, 0.1) is 0 Å². The topological polar surface area (TPSA) is 46.0 Å². The summed E-state index contributed by atoms with van der Waals surface area (Å²) in [5.74, 6) is -14.7.